The molecule has 5 heteroatoms. The van der Waals surface area contributed by atoms with Gasteiger partial charge in [0, 0.05) is 28.4 Å². The van der Waals surface area contributed by atoms with Crippen molar-refractivity contribution in [3.8, 4) is 11.1 Å². The Morgan fingerprint density at radius 2 is 1.80 bits per heavy atom. The number of halogens is 1. The highest BCUT2D eigenvalue weighted by Gasteiger charge is 2.22. The van der Waals surface area contributed by atoms with Crippen molar-refractivity contribution in [1.82, 2.24) is 9.97 Å². The fourth-order valence-corrected chi connectivity index (χ4v) is 3.51. The van der Waals surface area contributed by atoms with E-state index in [-0.39, 0.29) is 6.61 Å². The topological polar surface area (TPSA) is 52.1 Å². The minimum atomic E-state index is -0.417. The molecule has 0 N–H and O–H groups in total. The molecule has 2 aromatic carbocycles. The zero-order chi connectivity index (χ0) is 20.9. The van der Waals surface area contributed by atoms with Gasteiger partial charge in [-0.1, -0.05) is 48.0 Å². The van der Waals surface area contributed by atoms with Gasteiger partial charge < -0.3 is 4.74 Å². The van der Waals surface area contributed by atoms with E-state index in [1.807, 2.05) is 66.7 Å². The number of fused-ring (bicyclic) bond motifs is 1. The van der Waals surface area contributed by atoms with E-state index in [9.17, 15) is 4.79 Å². The summed E-state index contributed by atoms with van der Waals surface area (Å²) in [7, 11) is 0. The predicted molar refractivity (Wildman–Crippen MR) is 121 cm³/mol. The summed E-state index contributed by atoms with van der Waals surface area (Å²) >= 11 is 6.29. The lowest BCUT2D eigenvalue weighted by molar-refractivity contribution is 0.0527. The van der Waals surface area contributed by atoms with E-state index in [1.54, 1.807) is 25.4 Å². The number of benzene rings is 2. The lowest BCUT2D eigenvalue weighted by Crippen LogP contribution is -2.11. The van der Waals surface area contributed by atoms with Crippen LogP contribution in [0.5, 0.6) is 0 Å². The number of ether oxygens (including phenoxy) is 1. The van der Waals surface area contributed by atoms with E-state index >= 15 is 0 Å². The Morgan fingerprint density at radius 3 is 2.53 bits per heavy atom. The monoisotopic (exact) mass is 414 g/mol. The maximum atomic E-state index is 13.1. The van der Waals surface area contributed by atoms with Crippen LogP contribution in [0.1, 0.15) is 28.5 Å². The van der Waals surface area contributed by atoms with Crippen LogP contribution in [0.15, 0.2) is 73.1 Å². The second-order valence-electron chi connectivity index (χ2n) is 6.61. The molecule has 4 rings (SSSR count). The van der Waals surface area contributed by atoms with Crippen molar-refractivity contribution < 1.29 is 9.53 Å². The van der Waals surface area contributed by atoms with Gasteiger partial charge in [0.05, 0.1) is 23.4 Å². The van der Waals surface area contributed by atoms with Crippen LogP contribution >= 0.6 is 11.6 Å². The molecule has 2 heterocycles. The largest absolute Gasteiger partial charge is 0.462 e. The van der Waals surface area contributed by atoms with Gasteiger partial charge in [-0.25, -0.2) is 9.78 Å². The first-order valence-electron chi connectivity index (χ1n) is 9.61. The average molecular weight is 415 g/mol. The molecule has 4 nitrogen and oxygen atoms in total. The number of nitrogens with zero attached hydrogens (tertiary/aromatic N) is 2. The number of carbonyl (C=O) groups is 1. The summed E-state index contributed by atoms with van der Waals surface area (Å²) in [4.78, 5) is 21.9. The first kappa shape index (κ1) is 19.8. The van der Waals surface area contributed by atoms with Crippen molar-refractivity contribution in [3.63, 3.8) is 0 Å². The van der Waals surface area contributed by atoms with Crippen LogP contribution in [0.4, 0.5) is 0 Å². The normalized spacial score (nSPS) is 11.1. The van der Waals surface area contributed by atoms with Crippen LogP contribution in [0.2, 0.25) is 5.02 Å². The molecule has 0 aliphatic carbocycles. The molecule has 0 atom stereocenters. The second kappa shape index (κ2) is 8.89. The van der Waals surface area contributed by atoms with Gasteiger partial charge >= 0.3 is 5.97 Å². The maximum Gasteiger partial charge on any atom is 0.340 e. The van der Waals surface area contributed by atoms with E-state index in [2.05, 4.69) is 4.98 Å². The summed E-state index contributed by atoms with van der Waals surface area (Å²) in [5, 5.41) is 1.38. The Morgan fingerprint density at radius 1 is 1.03 bits per heavy atom. The Bertz CT molecular complexity index is 1220. The van der Waals surface area contributed by atoms with E-state index in [4.69, 9.17) is 21.3 Å². The molecule has 0 saturated carbocycles. The summed E-state index contributed by atoms with van der Waals surface area (Å²) in [6.45, 7) is 2.06. The van der Waals surface area contributed by atoms with Gasteiger partial charge in [-0.15, -0.1) is 0 Å². The highest BCUT2D eigenvalue weighted by molar-refractivity contribution is 6.31. The average Bonchev–Trinajstić information content (AvgIpc) is 2.78. The number of aromatic nitrogens is 2. The molecule has 0 radical (unpaired) electrons. The van der Waals surface area contributed by atoms with E-state index in [0.717, 1.165) is 27.6 Å². The van der Waals surface area contributed by atoms with Crippen molar-refractivity contribution >= 4 is 40.6 Å². The molecule has 4 aromatic rings. The van der Waals surface area contributed by atoms with Gasteiger partial charge in [0.2, 0.25) is 0 Å². The molecular weight excluding hydrogens is 396 g/mol. The Balaban J connectivity index is 2.03. The fourth-order valence-electron chi connectivity index (χ4n) is 3.34. The number of hydrogen-bond acceptors (Lipinski definition) is 4. The van der Waals surface area contributed by atoms with Gasteiger partial charge in [0.25, 0.3) is 0 Å². The van der Waals surface area contributed by atoms with E-state index < -0.39 is 5.97 Å². The molecule has 30 heavy (non-hydrogen) atoms. The summed E-state index contributed by atoms with van der Waals surface area (Å²) < 4.78 is 5.41. The van der Waals surface area contributed by atoms with Crippen molar-refractivity contribution in [1.29, 1.82) is 0 Å². The Labute approximate surface area is 179 Å². The number of carbonyl (C=O) groups excluding carboxylic acids is 1. The SMILES string of the molecule is CCOC(=O)c1c(/C=C/c2ccncc2)nc2ccc(Cl)cc2c1-c1ccccc1. The minimum Gasteiger partial charge on any atom is -0.462 e. The number of pyridine rings is 2. The van der Waals surface area contributed by atoms with Crippen LogP contribution in [0, 0.1) is 0 Å². The van der Waals surface area contributed by atoms with Crippen LogP contribution in [-0.2, 0) is 4.74 Å². The lowest BCUT2D eigenvalue weighted by Gasteiger charge is -2.15. The smallest absolute Gasteiger partial charge is 0.340 e. The van der Waals surface area contributed by atoms with Crippen molar-refractivity contribution in [2.75, 3.05) is 6.61 Å². The predicted octanol–water partition coefficient (Wildman–Crippen LogP) is 6.30. The van der Waals surface area contributed by atoms with Crippen LogP contribution < -0.4 is 0 Å². The molecule has 148 valence electrons. The standard InChI is InChI=1S/C25H19ClN2O2/c1-2-30-25(29)24-22(10-8-17-12-14-27-15-13-17)28-21-11-9-19(26)16-20(21)23(24)18-6-4-3-5-7-18/h3-16H,2H2,1H3/b10-8+. The number of esters is 1. The molecule has 0 saturated heterocycles. The summed E-state index contributed by atoms with van der Waals surface area (Å²) in [6, 6.07) is 19.0. The third-order valence-electron chi connectivity index (χ3n) is 4.66. The quantitative estimate of drug-likeness (QED) is 0.360. The molecule has 0 fully saturated rings. The van der Waals surface area contributed by atoms with E-state index in [0.29, 0.717) is 16.3 Å². The van der Waals surface area contributed by atoms with E-state index in [1.165, 1.54) is 0 Å². The maximum absolute atomic E-state index is 13.1. The summed E-state index contributed by atoms with van der Waals surface area (Å²) in [6.07, 6.45) is 7.18. The van der Waals surface area contributed by atoms with Crippen LogP contribution in [-0.4, -0.2) is 22.5 Å². The summed E-state index contributed by atoms with van der Waals surface area (Å²) in [5.74, 6) is -0.417. The first-order chi connectivity index (χ1) is 14.7. The fraction of sp³-hybridized carbons (Fsp3) is 0.0800. The molecule has 0 unspecified atom stereocenters. The summed E-state index contributed by atoms with van der Waals surface area (Å²) in [5.41, 5.74) is 4.33. The van der Waals surface area contributed by atoms with Crippen molar-refractivity contribution in [3.05, 3.63) is 94.9 Å². The number of rotatable bonds is 5. The van der Waals surface area contributed by atoms with Gasteiger partial charge in [-0.3, -0.25) is 4.98 Å². The first-order valence-corrected chi connectivity index (χ1v) is 9.99. The Kier molecular flexibility index (Phi) is 5.87. The third-order valence-corrected chi connectivity index (χ3v) is 4.89. The zero-order valence-corrected chi connectivity index (χ0v) is 17.1. The van der Waals surface area contributed by atoms with Gasteiger partial charge in [0.1, 0.15) is 0 Å². The molecule has 0 amide bonds. The molecule has 0 bridgehead atoms. The van der Waals surface area contributed by atoms with Crippen molar-refractivity contribution in [2.24, 2.45) is 0 Å². The highest BCUT2D eigenvalue weighted by Crippen LogP contribution is 2.35. The van der Waals surface area contributed by atoms with Gasteiger partial charge in [0.15, 0.2) is 0 Å². The lowest BCUT2D eigenvalue weighted by atomic mass is 9.93. The Hall–Kier alpha value is -3.50. The molecule has 2 aromatic heterocycles. The molecular formula is C25H19ClN2O2. The van der Waals surface area contributed by atoms with Crippen LogP contribution in [0.25, 0.3) is 34.2 Å². The van der Waals surface area contributed by atoms with Crippen molar-refractivity contribution in [2.45, 2.75) is 6.92 Å². The molecule has 0 spiro atoms. The second-order valence-corrected chi connectivity index (χ2v) is 7.05. The van der Waals surface area contributed by atoms with Gasteiger partial charge in [-0.2, -0.15) is 0 Å². The molecule has 0 aliphatic heterocycles. The molecule has 0 aliphatic rings. The van der Waals surface area contributed by atoms with Gasteiger partial charge in [-0.05, 0) is 54.5 Å². The minimum absolute atomic E-state index is 0.272. The highest BCUT2D eigenvalue weighted by atomic mass is 35.5. The van der Waals surface area contributed by atoms with Crippen LogP contribution in [0.3, 0.4) is 0 Å². The number of hydrogen-bond donors (Lipinski definition) is 0. The zero-order valence-electron chi connectivity index (χ0n) is 16.4. The third kappa shape index (κ3) is 4.09.